The Morgan fingerprint density at radius 3 is 2.74 bits per heavy atom. The van der Waals surface area contributed by atoms with Crippen LogP contribution >= 0.6 is 0 Å². The Kier molecular flexibility index (Phi) is 4.56. The normalized spacial score (nSPS) is 20.3. The van der Waals surface area contributed by atoms with Crippen LogP contribution in [0.4, 0.5) is 5.69 Å². The Hall–Kier alpha value is -1.39. The van der Waals surface area contributed by atoms with Gasteiger partial charge in [0.15, 0.2) is 0 Å². The first-order chi connectivity index (χ1) is 9.08. The van der Waals surface area contributed by atoms with Crippen LogP contribution in [-0.2, 0) is 4.79 Å². The predicted octanol–water partition coefficient (Wildman–Crippen LogP) is 1.25. The number of benzene rings is 1. The van der Waals surface area contributed by atoms with Crippen LogP contribution in [0.2, 0.25) is 0 Å². The number of hydrogen-bond acceptors (Lipinski definition) is 3. The van der Waals surface area contributed by atoms with Crippen molar-refractivity contribution in [3.63, 3.8) is 0 Å². The number of nitrogens with zero attached hydrogens (tertiary/aromatic N) is 2. The Morgan fingerprint density at radius 1 is 1.42 bits per heavy atom. The van der Waals surface area contributed by atoms with Crippen LogP contribution in [0.25, 0.3) is 0 Å². The average molecular weight is 261 g/mol. The maximum absolute atomic E-state index is 12.3. The second-order valence-electron chi connectivity index (χ2n) is 5.33. The molecule has 4 nitrogen and oxygen atoms in total. The molecule has 0 radical (unpaired) electrons. The van der Waals surface area contributed by atoms with E-state index in [2.05, 4.69) is 17.3 Å². The highest BCUT2D eigenvalue weighted by Gasteiger charge is 2.23. The van der Waals surface area contributed by atoms with Gasteiger partial charge in [0, 0.05) is 44.8 Å². The molecule has 1 heterocycles. The Bertz CT molecular complexity index is 430. The van der Waals surface area contributed by atoms with Gasteiger partial charge in [-0.2, -0.15) is 0 Å². The summed E-state index contributed by atoms with van der Waals surface area (Å²) in [5, 5.41) is 3.34. The van der Waals surface area contributed by atoms with Crippen LogP contribution in [0, 0.1) is 6.92 Å². The van der Waals surface area contributed by atoms with Crippen LogP contribution in [0.3, 0.4) is 0 Å². The van der Waals surface area contributed by atoms with E-state index >= 15 is 0 Å². The van der Waals surface area contributed by atoms with Gasteiger partial charge in [-0.3, -0.25) is 4.79 Å². The number of rotatable bonds is 3. The molecule has 2 rings (SSSR count). The summed E-state index contributed by atoms with van der Waals surface area (Å²) in [5.74, 6) is 0.171. The van der Waals surface area contributed by atoms with Crippen molar-refractivity contribution in [1.29, 1.82) is 0 Å². The van der Waals surface area contributed by atoms with Gasteiger partial charge in [-0.1, -0.05) is 17.7 Å². The van der Waals surface area contributed by atoms with Crippen molar-refractivity contribution in [1.82, 2.24) is 10.2 Å². The second kappa shape index (κ2) is 6.17. The summed E-state index contributed by atoms with van der Waals surface area (Å²) in [6, 6.07) is 8.36. The molecule has 4 heteroatoms. The summed E-state index contributed by atoms with van der Waals surface area (Å²) in [4.78, 5) is 16.3. The minimum atomic E-state index is 0.171. The molecule has 1 amide bonds. The van der Waals surface area contributed by atoms with E-state index in [1.807, 2.05) is 38.2 Å². The van der Waals surface area contributed by atoms with Gasteiger partial charge in [0.2, 0.25) is 5.91 Å². The molecule has 1 N–H and O–H groups in total. The summed E-state index contributed by atoms with van der Waals surface area (Å²) >= 11 is 0. The van der Waals surface area contributed by atoms with E-state index in [-0.39, 0.29) is 5.91 Å². The third-order valence-corrected chi connectivity index (χ3v) is 3.85. The number of nitrogens with one attached hydrogen (secondary N) is 1. The standard InChI is InChI=1S/C15H23N3O/c1-12-4-6-13(7-5-12)18(3)15(19)10-14-11-16-8-9-17(14)2/h4-7,14,16H,8-11H2,1-3H3. The van der Waals surface area contributed by atoms with Crippen LogP contribution in [0.1, 0.15) is 12.0 Å². The van der Waals surface area contributed by atoms with Gasteiger partial charge in [0.1, 0.15) is 0 Å². The van der Waals surface area contributed by atoms with E-state index in [0.717, 1.165) is 25.3 Å². The van der Waals surface area contributed by atoms with E-state index in [4.69, 9.17) is 0 Å². The summed E-state index contributed by atoms with van der Waals surface area (Å²) in [7, 11) is 3.94. The zero-order valence-electron chi connectivity index (χ0n) is 12.0. The highest BCUT2D eigenvalue weighted by molar-refractivity contribution is 5.93. The lowest BCUT2D eigenvalue weighted by Crippen LogP contribution is -2.51. The smallest absolute Gasteiger partial charge is 0.228 e. The number of anilines is 1. The first kappa shape index (κ1) is 14.0. The molecule has 1 aliphatic rings. The molecule has 19 heavy (non-hydrogen) atoms. The molecule has 104 valence electrons. The molecule has 0 saturated carbocycles. The highest BCUT2D eigenvalue weighted by Crippen LogP contribution is 2.16. The maximum Gasteiger partial charge on any atom is 0.228 e. The van der Waals surface area contributed by atoms with Gasteiger partial charge in [0.25, 0.3) is 0 Å². The fraction of sp³-hybridized carbons (Fsp3) is 0.533. The number of carbonyl (C=O) groups is 1. The molecule has 1 fully saturated rings. The number of aryl methyl sites for hydroxylation is 1. The molecule has 1 aromatic rings. The largest absolute Gasteiger partial charge is 0.315 e. The van der Waals surface area contributed by atoms with Crippen LogP contribution in [-0.4, -0.2) is 50.6 Å². The Balaban J connectivity index is 1.97. The quantitative estimate of drug-likeness (QED) is 0.889. The van der Waals surface area contributed by atoms with E-state index in [1.165, 1.54) is 5.56 Å². The molecule has 1 aliphatic heterocycles. The summed E-state index contributed by atoms with van der Waals surface area (Å²) in [6.07, 6.45) is 0.563. The van der Waals surface area contributed by atoms with Crippen LogP contribution < -0.4 is 10.2 Å². The lowest BCUT2D eigenvalue weighted by atomic mass is 10.1. The summed E-state index contributed by atoms with van der Waals surface area (Å²) in [6.45, 7) is 4.96. The Morgan fingerprint density at radius 2 is 2.11 bits per heavy atom. The van der Waals surface area contributed by atoms with Crippen molar-refractivity contribution in [2.45, 2.75) is 19.4 Å². The topological polar surface area (TPSA) is 35.6 Å². The zero-order chi connectivity index (χ0) is 13.8. The SMILES string of the molecule is Cc1ccc(N(C)C(=O)CC2CNCCN2C)cc1. The average Bonchev–Trinajstić information content (AvgIpc) is 2.41. The maximum atomic E-state index is 12.3. The van der Waals surface area contributed by atoms with Gasteiger partial charge in [-0.25, -0.2) is 0 Å². The summed E-state index contributed by atoms with van der Waals surface area (Å²) < 4.78 is 0. The molecule has 1 unspecified atom stereocenters. The van der Waals surface area contributed by atoms with Gasteiger partial charge < -0.3 is 15.1 Å². The van der Waals surface area contributed by atoms with Crippen molar-refractivity contribution < 1.29 is 4.79 Å². The van der Waals surface area contributed by atoms with Crippen LogP contribution in [0.15, 0.2) is 24.3 Å². The van der Waals surface area contributed by atoms with Crippen molar-refractivity contribution >= 4 is 11.6 Å². The molecule has 1 saturated heterocycles. The first-order valence-electron chi connectivity index (χ1n) is 6.82. The zero-order valence-corrected chi connectivity index (χ0v) is 12.0. The number of amides is 1. The fourth-order valence-electron chi connectivity index (χ4n) is 2.34. The molecule has 1 atom stereocenters. The molecular formula is C15H23N3O. The van der Waals surface area contributed by atoms with Gasteiger partial charge in [0.05, 0.1) is 0 Å². The van der Waals surface area contributed by atoms with Crippen molar-refractivity contribution in [2.24, 2.45) is 0 Å². The summed E-state index contributed by atoms with van der Waals surface area (Å²) in [5.41, 5.74) is 2.17. The van der Waals surface area contributed by atoms with Crippen molar-refractivity contribution in [3.8, 4) is 0 Å². The third kappa shape index (κ3) is 3.55. The van der Waals surface area contributed by atoms with Crippen LogP contribution in [0.5, 0.6) is 0 Å². The number of likely N-dealkylation sites (N-methyl/N-ethyl adjacent to an activating group) is 1. The number of hydrogen-bond donors (Lipinski definition) is 1. The fourth-order valence-corrected chi connectivity index (χ4v) is 2.34. The lowest BCUT2D eigenvalue weighted by Gasteiger charge is -2.33. The minimum absolute atomic E-state index is 0.171. The Labute approximate surface area is 115 Å². The third-order valence-electron chi connectivity index (χ3n) is 3.85. The van der Waals surface area contributed by atoms with Crippen molar-refractivity contribution in [3.05, 3.63) is 29.8 Å². The molecular weight excluding hydrogens is 238 g/mol. The highest BCUT2D eigenvalue weighted by atomic mass is 16.2. The predicted molar refractivity (Wildman–Crippen MR) is 78.5 cm³/mol. The molecule has 0 bridgehead atoms. The van der Waals surface area contributed by atoms with E-state index < -0.39 is 0 Å². The number of piperazine rings is 1. The van der Waals surface area contributed by atoms with E-state index in [0.29, 0.717) is 12.5 Å². The van der Waals surface area contributed by atoms with Crippen molar-refractivity contribution in [2.75, 3.05) is 38.6 Å². The minimum Gasteiger partial charge on any atom is -0.315 e. The number of carbonyl (C=O) groups excluding carboxylic acids is 1. The molecule has 0 spiro atoms. The first-order valence-corrected chi connectivity index (χ1v) is 6.82. The van der Waals surface area contributed by atoms with Gasteiger partial charge in [-0.15, -0.1) is 0 Å². The van der Waals surface area contributed by atoms with E-state index in [1.54, 1.807) is 4.90 Å². The second-order valence-corrected chi connectivity index (χ2v) is 5.33. The molecule has 0 aromatic heterocycles. The molecule has 1 aromatic carbocycles. The van der Waals surface area contributed by atoms with Gasteiger partial charge in [-0.05, 0) is 26.1 Å². The van der Waals surface area contributed by atoms with E-state index in [9.17, 15) is 4.79 Å². The van der Waals surface area contributed by atoms with Gasteiger partial charge >= 0.3 is 0 Å². The molecule has 0 aliphatic carbocycles. The monoisotopic (exact) mass is 261 g/mol. The lowest BCUT2D eigenvalue weighted by molar-refractivity contribution is -0.119.